The van der Waals surface area contributed by atoms with Crippen molar-refractivity contribution in [2.45, 2.75) is 27.2 Å². The number of amides is 2. The van der Waals surface area contributed by atoms with Crippen molar-refractivity contribution in [1.29, 1.82) is 0 Å². The molecule has 4 rings (SSSR count). The predicted octanol–water partition coefficient (Wildman–Crippen LogP) is 3.84. The number of fused-ring (bicyclic) bond motifs is 1. The first-order valence-corrected chi connectivity index (χ1v) is 11.8. The first kappa shape index (κ1) is 24.5. The zero-order valence-electron chi connectivity index (χ0n) is 20.5. The van der Waals surface area contributed by atoms with Crippen molar-refractivity contribution in [2.75, 3.05) is 44.2 Å². The third-order valence-corrected chi connectivity index (χ3v) is 6.26. The summed E-state index contributed by atoms with van der Waals surface area (Å²) in [7, 11) is 0. The van der Waals surface area contributed by atoms with Gasteiger partial charge in [0.15, 0.2) is 5.76 Å². The minimum atomic E-state index is -0.404. The van der Waals surface area contributed by atoms with Gasteiger partial charge in [-0.15, -0.1) is 0 Å². The molecule has 1 aliphatic heterocycles. The summed E-state index contributed by atoms with van der Waals surface area (Å²) in [5, 5.41) is 0.852. The third-order valence-electron chi connectivity index (χ3n) is 6.26. The molecular weight excluding hydrogens is 446 g/mol. The van der Waals surface area contributed by atoms with E-state index in [2.05, 4.69) is 4.90 Å². The Hall–Kier alpha value is -3.65. The van der Waals surface area contributed by atoms with Crippen molar-refractivity contribution in [2.24, 2.45) is 0 Å². The average Bonchev–Trinajstić information content (AvgIpc) is 3.37. The second-order valence-electron chi connectivity index (χ2n) is 9.08. The van der Waals surface area contributed by atoms with Gasteiger partial charge in [-0.1, -0.05) is 11.6 Å². The van der Waals surface area contributed by atoms with Gasteiger partial charge < -0.3 is 18.6 Å². The van der Waals surface area contributed by atoms with Crippen LogP contribution in [0.25, 0.3) is 11.0 Å². The monoisotopic (exact) mass is 477 g/mol. The molecule has 3 heterocycles. The van der Waals surface area contributed by atoms with Crippen molar-refractivity contribution in [3.8, 4) is 0 Å². The molecule has 0 unspecified atom stereocenters. The molecule has 1 aromatic carbocycles. The van der Waals surface area contributed by atoms with Gasteiger partial charge in [0.2, 0.25) is 5.91 Å². The number of anilines is 1. The Balaban J connectivity index is 1.41. The highest BCUT2D eigenvalue weighted by Crippen LogP contribution is 2.24. The number of benzene rings is 1. The largest absolute Gasteiger partial charge is 0.459 e. The number of hydrogen-bond acceptors (Lipinski definition) is 6. The fourth-order valence-corrected chi connectivity index (χ4v) is 4.23. The van der Waals surface area contributed by atoms with Gasteiger partial charge in [-0.3, -0.25) is 14.5 Å². The molecule has 35 heavy (non-hydrogen) atoms. The molecule has 0 spiro atoms. The molecule has 0 atom stereocenters. The van der Waals surface area contributed by atoms with Crippen LogP contribution in [0.1, 0.15) is 36.4 Å². The Morgan fingerprint density at radius 2 is 1.86 bits per heavy atom. The summed E-state index contributed by atoms with van der Waals surface area (Å²) in [6, 6.07) is 10.4. The van der Waals surface area contributed by atoms with E-state index in [9.17, 15) is 14.4 Å². The van der Waals surface area contributed by atoms with Crippen molar-refractivity contribution in [3.63, 3.8) is 0 Å². The molecule has 0 aliphatic carbocycles. The summed E-state index contributed by atoms with van der Waals surface area (Å²) in [5.41, 5.74) is 2.72. The molecular formula is C27H31N3O5. The number of aryl methyl sites for hydroxylation is 1. The third kappa shape index (κ3) is 5.89. The maximum Gasteiger partial charge on any atom is 0.336 e. The van der Waals surface area contributed by atoms with Crippen LogP contribution in [0.4, 0.5) is 5.69 Å². The van der Waals surface area contributed by atoms with E-state index in [1.54, 1.807) is 28.0 Å². The lowest BCUT2D eigenvalue weighted by Crippen LogP contribution is -2.49. The molecule has 3 aromatic rings. The number of furan rings is 1. The highest BCUT2D eigenvalue weighted by molar-refractivity contribution is 5.96. The topological polar surface area (TPSA) is 87.2 Å². The molecule has 2 amide bonds. The normalized spacial score (nSPS) is 14.2. The van der Waals surface area contributed by atoms with Crippen LogP contribution >= 0.6 is 0 Å². The van der Waals surface area contributed by atoms with Crippen LogP contribution in [0, 0.1) is 6.92 Å². The van der Waals surface area contributed by atoms with E-state index in [0.717, 1.165) is 16.5 Å². The summed E-state index contributed by atoms with van der Waals surface area (Å²) >= 11 is 0. The van der Waals surface area contributed by atoms with Gasteiger partial charge >= 0.3 is 5.63 Å². The highest BCUT2D eigenvalue weighted by Gasteiger charge is 2.24. The summed E-state index contributed by atoms with van der Waals surface area (Å²) in [6.45, 7) is 9.50. The lowest BCUT2D eigenvalue weighted by molar-refractivity contribution is -0.118. The van der Waals surface area contributed by atoms with Gasteiger partial charge in [0.25, 0.3) is 5.91 Å². The highest BCUT2D eigenvalue weighted by atomic mass is 16.4. The lowest BCUT2D eigenvalue weighted by atomic mass is 10.1. The number of nitrogens with zero attached hydrogens (tertiary/aromatic N) is 3. The van der Waals surface area contributed by atoms with E-state index in [1.165, 1.54) is 12.3 Å². The molecule has 184 valence electrons. The fourth-order valence-electron chi connectivity index (χ4n) is 4.23. The predicted molar refractivity (Wildman–Crippen MR) is 135 cm³/mol. The van der Waals surface area contributed by atoms with Gasteiger partial charge in [-0.05, 0) is 50.6 Å². The van der Waals surface area contributed by atoms with Crippen molar-refractivity contribution >= 4 is 28.5 Å². The molecule has 8 nitrogen and oxygen atoms in total. The van der Waals surface area contributed by atoms with Gasteiger partial charge in [0, 0.05) is 68.9 Å². The summed E-state index contributed by atoms with van der Waals surface area (Å²) in [4.78, 5) is 43.3. The second-order valence-corrected chi connectivity index (χ2v) is 9.08. The van der Waals surface area contributed by atoms with Gasteiger partial charge in [0.1, 0.15) is 5.58 Å². The SMILES string of the molecule is CC(C)=CCN(C(=O)CCN1CCN(C(=O)c2ccco2)CC1)c1ccc2c(C)cc(=O)oc2c1. The zero-order valence-corrected chi connectivity index (χ0v) is 20.5. The molecule has 1 aliphatic rings. The Morgan fingerprint density at radius 3 is 2.54 bits per heavy atom. The van der Waals surface area contributed by atoms with E-state index >= 15 is 0 Å². The van der Waals surface area contributed by atoms with Crippen LogP contribution in [0.2, 0.25) is 0 Å². The van der Waals surface area contributed by atoms with Crippen LogP contribution in [-0.4, -0.2) is 60.9 Å². The van der Waals surface area contributed by atoms with E-state index in [4.69, 9.17) is 8.83 Å². The maximum absolute atomic E-state index is 13.3. The fraction of sp³-hybridized carbons (Fsp3) is 0.370. The van der Waals surface area contributed by atoms with Gasteiger partial charge in [0.05, 0.1) is 6.26 Å². The molecule has 2 aromatic heterocycles. The van der Waals surface area contributed by atoms with E-state index in [-0.39, 0.29) is 11.8 Å². The lowest BCUT2D eigenvalue weighted by Gasteiger charge is -2.34. The van der Waals surface area contributed by atoms with Crippen LogP contribution < -0.4 is 10.5 Å². The molecule has 0 saturated carbocycles. The molecule has 0 N–H and O–H groups in total. The number of carbonyl (C=O) groups excluding carboxylic acids is 2. The van der Waals surface area contributed by atoms with Crippen LogP contribution in [0.15, 0.2) is 67.9 Å². The standard InChI is InChI=1S/C27H31N3O5/c1-19(2)8-11-30(21-6-7-22-20(3)17-26(32)35-24(22)18-21)25(31)9-10-28-12-14-29(15-13-28)27(33)23-5-4-16-34-23/h4-8,16-18H,9-15H2,1-3H3. The van der Waals surface area contributed by atoms with Gasteiger partial charge in [-0.2, -0.15) is 0 Å². The van der Waals surface area contributed by atoms with E-state index in [0.29, 0.717) is 62.7 Å². The summed E-state index contributed by atoms with van der Waals surface area (Å²) in [6.07, 6.45) is 3.85. The summed E-state index contributed by atoms with van der Waals surface area (Å²) < 4.78 is 10.6. The first-order valence-electron chi connectivity index (χ1n) is 11.8. The number of carbonyl (C=O) groups is 2. The Kier molecular flexibility index (Phi) is 7.51. The Morgan fingerprint density at radius 1 is 1.09 bits per heavy atom. The van der Waals surface area contributed by atoms with Crippen molar-refractivity contribution < 1.29 is 18.4 Å². The maximum atomic E-state index is 13.3. The second kappa shape index (κ2) is 10.7. The van der Waals surface area contributed by atoms with E-state index < -0.39 is 5.63 Å². The summed E-state index contributed by atoms with van der Waals surface area (Å²) in [5.74, 6) is 0.243. The van der Waals surface area contributed by atoms with E-state index in [1.807, 2.05) is 39.0 Å². The Bertz CT molecular complexity index is 1280. The van der Waals surface area contributed by atoms with Crippen molar-refractivity contribution in [3.05, 3.63) is 76.1 Å². The van der Waals surface area contributed by atoms with Crippen LogP contribution in [0.5, 0.6) is 0 Å². The average molecular weight is 478 g/mol. The minimum absolute atomic E-state index is 0.00839. The number of hydrogen-bond donors (Lipinski definition) is 0. The Labute approximate surface area is 204 Å². The number of rotatable bonds is 7. The van der Waals surface area contributed by atoms with Gasteiger partial charge in [-0.25, -0.2) is 4.79 Å². The smallest absolute Gasteiger partial charge is 0.336 e. The molecule has 0 radical (unpaired) electrons. The first-order chi connectivity index (χ1) is 16.8. The molecule has 1 fully saturated rings. The molecule has 1 saturated heterocycles. The molecule has 0 bridgehead atoms. The van der Waals surface area contributed by atoms with Crippen molar-refractivity contribution in [1.82, 2.24) is 9.80 Å². The minimum Gasteiger partial charge on any atom is -0.459 e. The quantitative estimate of drug-likeness (QED) is 0.380. The van der Waals surface area contributed by atoms with Crippen LogP contribution in [-0.2, 0) is 4.79 Å². The van der Waals surface area contributed by atoms with Crippen LogP contribution in [0.3, 0.4) is 0 Å². The number of allylic oxidation sites excluding steroid dienone is 1. The molecule has 8 heteroatoms. The zero-order chi connectivity index (χ0) is 24.9. The number of piperazine rings is 1.